The van der Waals surface area contributed by atoms with Crippen molar-refractivity contribution >= 4 is 21.6 Å². The monoisotopic (exact) mass is 293 g/mol. The lowest BCUT2D eigenvalue weighted by Crippen LogP contribution is -1.90. The van der Waals surface area contributed by atoms with Crippen molar-refractivity contribution in [1.82, 2.24) is 9.97 Å². The van der Waals surface area contributed by atoms with Crippen molar-refractivity contribution in [3.63, 3.8) is 0 Å². The quantitative estimate of drug-likeness (QED) is 0.826. The minimum Gasteiger partial charge on any atom is -0.398 e. The van der Waals surface area contributed by atoms with Gasteiger partial charge in [0.25, 0.3) is 0 Å². The van der Waals surface area contributed by atoms with E-state index in [1.165, 1.54) is 0 Å². The number of benzene rings is 1. The van der Waals surface area contributed by atoms with Crippen molar-refractivity contribution in [2.24, 2.45) is 0 Å². The minimum absolute atomic E-state index is 0.398. The molecular formula is C13H16BrN3. The van der Waals surface area contributed by atoms with Gasteiger partial charge in [0.15, 0.2) is 0 Å². The van der Waals surface area contributed by atoms with Crippen LogP contribution in [0.3, 0.4) is 0 Å². The maximum atomic E-state index is 5.89. The highest BCUT2D eigenvalue weighted by Crippen LogP contribution is 2.28. The average Bonchev–Trinajstić information content (AvgIpc) is 2.65. The predicted molar refractivity (Wildman–Crippen MR) is 75.0 cm³/mol. The molecular weight excluding hydrogens is 278 g/mol. The molecule has 1 aromatic heterocycles. The molecule has 0 saturated carbocycles. The third-order valence-electron chi connectivity index (χ3n) is 2.72. The number of nitrogen functional groups attached to an aromatic ring is 1. The number of H-pyrrole nitrogens is 1. The highest BCUT2D eigenvalue weighted by Gasteiger charge is 2.11. The van der Waals surface area contributed by atoms with E-state index < -0.39 is 0 Å². The Bertz CT molecular complexity index is 544. The highest BCUT2D eigenvalue weighted by atomic mass is 79.9. The van der Waals surface area contributed by atoms with Gasteiger partial charge in [-0.05, 0) is 35.0 Å². The number of hydrogen-bond donors (Lipinski definition) is 2. The van der Waals surface area contributed by atoms with Gasteiger partial charge in [0.05, 0.1) is 5.69 Å². The van der Waals surface area contributed by atoms with E-state index in [2.05, 4.69) is 39.7 Å². The van der Waals surface area contributed by atoms with Gasteiger partial charge in [0, 0.05) is 27.3 Å². The molecule has 1 heterocycles. The summed E-state index contributed by atoms with van der Waals surface area (Å²) < 4.78 is 0.915. The molecule has 0 bridgehead atoms. The van der Waals surface area contributed by atoms with Gasteiger partial charge in [0.2, 0.25) is 0 Å². The molecule has 0 saturated heterocycles. The topological polar surface area (TPSA) is 54.7 Å². The second-order valence-electron chi connectivity index (χ2n) is 4.49. The Labute approximate surface area is 110 Å². The maximum Gasteiger partial charge on any atom is 0.109 e. The zero-order valence-corrected chi connectivity index (χ0v) is 11.8. The number of nitrogens with zero attached hydrogens (tertiary/aromatic N) is 1. The second-order valence-corrected chi connectivity index (χ2v) is 5.34. The van der Waals surface area contributed by atoms with Crippen molar-refractivity contribution in [1.29, 1.82) is 0 Å². The summed E-state index contributed by atoms with van der Waals surface area (Å²) in [6.45, 7) is 6.28. The molecule has 1 aromatic carbocycles. The third kappa shape index (κ3) is 2.36. The fourth-order valence-corrected chi connectivity index (χ4v) is 1.98. The Morgan fingerprint density at radius 2 is 2.06 bits per heavy atom. The van der Waals surface area contributed by atoms with Crippen molar-refractivity contribution in [2.75, 3.05) is 5.73 Å². The number of aryl methyl sites for hydroxylation is 1. The van der Waals surface area contributed by atoms with E-state index in [0.29, 0.717) is 5.92 Å². The molecule has 4 heteroatoms. The van der Waals surface area contributed by atoms with Crippen LogP contribution >= 0.6 is 15.9 Å². The maximum absolute atomic E-state index is 5.89. The Kier molecular flexibility index (Phi) is 3.24. The molecule has 0 aliphatic rings. The molecule has 2 rings (SSSR count). The standard InChI is InChI=1S/C13H16BrN3/c1-7(2)13-16-8(3)12(17-13)9-4-5-10(14)11(15)6-9/h4-7H,15H2,1-3H3,(H,16,17). The number of aromatic amines is 1. The molecule has 3 N–H and O–H groups in total. The Morgan fingerprint density at radius 1 is 1.35 bits per heavy atom. The van der Waals surface area contributed by atoms with Crippen LogP contribution in [0.1, 0.15) is 31.3 Å². The normalized spacial score (nSPS) is 11.1. The smallest absolute Gasteiger partial charge is 0.109 e. The fraction of sp³-hybridized carbons (Fsp3) is 0.308. The summed E-state index contributed by atoms with van der Waals surface area (Å²) in [4.78, 5) is 7.94. The summed E-state index contributed by atoms with van der Waals surface area (Å²) in [5.41, 5.74) is 9.73. The van der Waals surface area contributed by atoms with E-state index in [1.807, 2.05) is 25.1 Å². The zero-order valence-electron chi connectivity index (χ0n) is 10.2. The summed E-state index contributed by atoms with van der Waals surface area (Å²) >= 11 is 3.40. The lowest BCUT2D eigenvalue weighted by Gasteiger charge is -2.02. The minimum atomic E-state index is 0.398. The molecule has 0 radical (unpaired) electrons. The summed E-state index contributed by atoms with van der Waals surface area (Å²) in [5.74, 6) is 1.41. The molecule has 90 valence electrons. The second kappa shape index (κ2) is 4.53. The van der Waals surface area contributed by atoms with Crippen LogP contribution in [0, 0.1) is 6.92 Å². The summed E-state index contributed by atoms with van der Waals surface area (Å²) in [5, 5.41) is 0. The zero-order chi connectivity index (χ0) is 12.6. The SMILES string of the molecule is Cc1[nH]c(C(C)C)nc1-c1ccc(Br)c(N)c1. The van der Waals surface area contributed by atoms with Crippen molar-refractivity contribution in [2.45, 2.75) is 26.7 Å². The molecule has 0 atom stereocenters. The van der Waals surface area contributed by atoms with E-state index in [9.17, 15) is 0 Å². The Balaban J connectivity index is 2.49. The predicted octanol–water partition coefficient (Wildman–Crippen LogP) is 3.85. The largest absolute Gasteiger partial charge is 0.398 e. The summed E-state index contributed by atoms with van der Waals surface area (Å²) in [6, 6.07) is 5.92. The molecule has 2 aromatic rings. The van der Waals surface area contributed by atoms with E-state index in [0.717, 1.165) is 32.9 Å². The number of rotatable bonds is 2. The lowest BCUT2D eigenvalue weighted by atomic mass is 10.1. The third-order valence-corrected chi connectivity index (χ3v) is 3.44. The molecule has 0 unspecified atom stereocenters. The fourth-order valence-electron chi connectivity index (χ4n) is 1.73. The van der Waals surface area contributed by atoms with Crippen LogP contribution < -0.4 is 5.73 Å². The molecule has 0 aliphatic heterocycles. The van der Waals surface area contributed by atoms with Gasteiger partial charge in [-0.15, -0.1) is 0 Å². The van der Waals surface area contributed by atoms with Gasteiger partial charge in [-0.25, -0.2) is 4.98 Å². The first-order chi connectivity index (χ1) is 7.99. The number of imidazole rings is 1. The van der Waals surface area contributed by atoms with Crippen molar-refractivity contribution < 1.29 is 0 Å². The average molecular weight is 294 g/mol. The first-order valence-electron chi connectivity index (χ1n) is 5.61. The van der Waals surface area contributed by atoms with Crippen LogP contribution in [0.15, 0.2) is 22.7 Å². The highest BCUT2D eigenvalue weighted by molar-refractivity contribution is 9.10. The van der Waals surface area contributed by atoms with Crippen LogP contribution in [0.2, 0.25) is 0 Å². The van der Waals surface area contributed by atoms with Gasteiger partial charge in [-0.2, -0.15) is 0 Å². The van der Waals surface area contributed by atoms with E-state index in [4.69, 9.17) is 5.73 Å². The number of nitrogens with one attached hydrogen (secondary N) is 1. The molecule has 0 aliphatic carbocycles. The van der Waals surface area contributed by atoms with Crippen LogP contribution in [0.4, 0.5) is 5.69 Å². The number of hydrogen-bond acceptors (Lipinski definition) is 2. The van der Waals surface area contributed by atoms with Gasteiger partial charge in [-0.3, -0.25) is 0 Å². The lowest BCUT2D eigenvalue weighted by molar-refractivity contribution is 0.792. The van der Waals surface area contributed by atoms with Crippen molar-refractivity contribution in [3.05, 3.63) is 34.2 Å². The molecule has 0 spiro atoms. The van der Waals surface area contributed by atoms with E-state index in [1.54, 1.807) is 0 Å². The first-order valence-corrected chi connectivity index (χ1v) is 6.40. The Hall–Kier alpha value is -1.29. The molecule has 0 fully saturated rings. The van der Waals surface area contributed by atoms with E-state index in [-0.39, 0.29) is 0 Å². The van der Waals surface area contributed by atoms with Gasteiger partial charge in [0.1, 0.15) is 5.82 Å². The van der Waals surface area contributed by atoms with Gasteiger partial charge < -0.3 is 10.7 Å². The van der Waals surface area contributed by atoms with Crippen molar-refractivity contribution in [3.8, 4) is 11.3 Å². The number of halogens is 1. The molecule has 0 amide bonds. The van der Waals surface area contributed by atoms with Crippen LogP contribution in [0.5, 0.6) is 0 Å². The first kappa shape index (κ1) is 12.2. The van der Waals surface area contributed by atoms with Gasteiger partial charge >= 0.3 is 0 Å². The summed E-state index contributed by atoms with van der Waals surface area (Å²) in [6.07, 6.45) is 0. The van der Waals surface area contributed by atoms with Crippen LogP contribution in [-0.4, -0.2) is 9.97 Å². The molecule has 3 nitrogen and oxygen atoms in total. The summed E-state index contributed by atoms with van der Waals surface area (Å²) in [7, 11) is 0. The Morgan fingerprint density at radius 3 is 2.59 bits per heavy atom. The van der Waals surface area contributed by atoms with Crippen LogP contribution in [0.25, 0.3) is 11.3 Å². The van der Waals surface area contributed by atoms with Gasteiger partial charge in [-0.1, -0.05) is 19.9 Å². The molecule has 17 heavy (non-hydrogen) atoms. The van der Waals surface area contributed by atoms with Crippen LogP contribution in [-0.2, 0) is 0 Å². The number of aromatic nitrogens is 2. The van der Waals surface area contributed by atoms with E-state index >= 15 is 0 Å². The number of anilines is 1. The number of nitrogens with two attached hydrogens (primary N) is 1.